The van der Waals surface area contributed by atoms with Crippen LogP contribution >= 0.6 is 18.9 Å². The number of halogens is 1. The molecule has 1 heterocycles. The van der Waals surface area contributed by atoms with Crippen LogP contribution < -0.4 is 0 Å². The highest BCUT2D eigenvalue weighted by Gasteiger charge is 1.75. The van der Waals surface area contributed by atoms with E-state index in [0.717, 1.165) is 0 Å². The van der Waals surface area contributed by atoms with Gasteiger partial charge in [0.2, 0.25) is 0 Å². The van der Waals surface area contributed by atoms with Crippen molar-refractivity contribution in [1.82, 2.24) is 0 Å². The van der Waals surface area contributed by atoms with Gasteiger partial charge in [-0.15, -0.1) is 18.9 Å². The number of nitrogens with zero attached hydrogens (tertiary/aromatic N) is 1. The van der Waals surface area contributed by atoms with Gasteiger partial charge in [0.25, 0.3) is 0 Å². The van der Waals surface area contributed by atoms with Crippen LogP contribution in [-0.4, -0.2) is 19.4 Å². The number of oxime groups is 1. The smallest absolute Gasteiger partial charge is 0.145 e. The molecular formula is C4H6INO. The van der Waals surface area contributed by atoms with Gasteiger partial charge < -0.3 is 4.84 Å². The molecule has 1 rings (SSSR count). The largest absolute Gasteiger partial charge is 0.360 e. The van der Waals surface area contributed by atoms with Crippen LogP contribution in [0.1, 0.15) is 0 Å². The second kappa shape index (κ2) is 2.30. The first-order valence-electron chi connectivity index (χ1n) is 1.82. The monoisotopic (exact) mass is 211 g/mol. The number of hydrogen-bond donors (Lipinski definition) is 0. The van der Waals surface area contributed by atoms with Gasteiger partial charge in [0.1, 0.15) is 4.20 Å². The Morgan fingerprint density at radius 2 is 2.57 bits per heavy atom. The van der Waals surface area contributed by atoms with E-state index in [1.807, 2.05) is 4.20 Å². The maximum atomic E-state index is 4.66. The predicted molar refractivity (Wildman–Crippen MR) is 41.6 cm³/mol. The Balaban J connectivity index is 2.89. The Labute approximate surface area is 48.5 Å². The first kappa shape index (κ1) is 5.08. The van der Waals surface area contributed by atoms with Crippen molar-refractivity contribution in [2.24, 2.45) is 5.16 Å². The summed E-state index contributed by atoms with van der Waals surface area (Å²) in [5.74, 6) is 0. The summed E-state index contributed by atoms with van der Waals surface area (Å²) in [5, 5.41) is 3.53. The lowest BCUT2D eigenvalue weighted by atomic mass is 10.9. The van der Waals surface area contributed by atoms with E-state index in [-0.39, 0.29) is 0 Å². The summed E-state index contributed by atoms with van der Waals surface area (Å²) in [5.41, 5.74) is 0. The van der Waals surface area contributed by atoms with Crippen LogP contribution in [0.25, 0.3) is 0 Å². The molecule has 1 aliphatic rings. The molecule has 0 radical (unpaired) electrons. The van der Waals surface area contributed by atoms with E-state index in [1.54, 1.807) is 6.21 Å². The predicted octanol–water partition coefficient (Wildman–Crippen LogP) is 0.701. The van der Waals surface area contributed by atoms with E-state index < -0.39 is 18.9 Å². The van der Waals surface area contributed by atoms with E-state index in [4.69, 9.17) is 0 Å². The molecule has 0 saturated heterocycles. The first-order valence-corrected chi connectivity index (χ1v) is 6.47. The Hall–Kier alpha value is -0.0600. The number of rotatable bonds is 0. The van der Waals surface area contributed by atoms with Crippen LogP contribution in [0.15, 0.2) is 5.16 Å². The third-order valence-corrected chi connectivity index (χ3v) is 3.04. The van der Waals surface area contributed by atoms with Gasteiger partial charge in [-0.25, -0.2) is 0 Å². The Kier molecular flexibility index (Phi) is 1.67. The molecule has 0 bridgehead atoms. The summed E-state index contributed by atoms with van der Waals surface area (Å²) in [4.78, 5) is 6.85. The number of hydrogen-bond acceptors (Lipinski definition) is 2. The van der Waals surface area contributed by atoms with E-state index in [0.29, 0.717) is 0 Å². The Morgan fingerprint density at radius 1 is 1.71 bits per heavy atom. The lowest BCUT2D eigenvalue weighted by Gasteiger charge is -1.89. The molecule has 0 N–H and O–H groups in total. The maximum absolute atomic E-state index is 4.66. The lowest BCUT2D eigenvalue weighted by molar-refractivity contribution is 0.357. The fourth-order valence-corrected chi connectivity index (χ4v) is 1.56. The van der Waals surface area contributed by atoms with Crippen molar-refractivity contribution < 1.29 is 4.84 Å². The standard InChI is InChI=1S/C4H6INO/c1-5-2-3-6-7-4-5/h2-4H,1H3. The second-order valence-corrected chi connectivity index (χ2v) is 5.58. The zero-order valence-corrected chi connectivity index (χ0v) is 6.12. The highest BCUT2D eigenvalue weighted by Crippen LogP contribution is 2.00. The van der Waals surface area contributed by atoms with E-state index in [9.17, 15) is 0 Å². The minimum Gasteiger partial charge on any atom is -0.360 e. The summed E-state index contributed by atoms with van der Waals surface area (Å²) in [6.45, 7) is 0. The van der Waals surface area contributed by atoms with Crippen molar-refractivity contribution in [1.29, 1.82) is 0 Å². The van der Waals surface area contributed by atoms with Crippen LogP contribution in [0.2, 0.25) is 0 Å². The zero-order valence-electron chi connectivity index (χ0n) is 3.97. The van der Waals surface area contributed by atoms with Gasteiger partial charge >= 0.3 is 0 Å². The fourth-order valence-electron chi connectivity index (χ4n) is 0.263. The van der Waals surface area contributed by atoms with E-state index in [2.05, 4.69) is 18.9 Å². The van der Waals surface area contributed by atoms with Crippen LogP contribution in [0.3, 0.4) is 0 Å². The quantitative estimate of drug-likeness (QED) is 0.427. The molecule has 0 spiro atoms. The molecule has 0 aliphatic carbocycles. The average molecular weight is 211 g/mol. The molecule has 0 atom stereocenters. The molecule has 0 amide bonds. The summed E-state index contributed by atoms with van der Waals surface area (Å²) in [6.07, 6.45) is 1.73. The molecule has 1 aliphatic heterocycles. The molecule has 2 nitrogen and oxygen atoms in total. The van der Waals surface area contributed by atoms with E-state index >= 15 is 0 Å². The maximum Gasteiger partial charge on any atom is 0.145 e. The fraction of sp³-hybridized carbons (Fsp3) is 0.250. The van der Waals surface area contributed by atoms with Gasteiger partial charge in [0.15, 0.2) is 0 Å². The van der Waals surface area contributed by atoms with Crippen molar-refractivity contribution in [2.45, 2.75) is 0 Å². The first-order chi connectivity index (χ1) is 3.39. The van der Waals surface area contributed by atoms with Crippen LogP contribution in [0.5, 0.6) is 0 Å². The third-order valence-electron chi connectivity index (χ3n) is 0.557. The van der Waals surface area contributed by atoms with Crippen LogP contribution in [0.4, 0.5) is 0 Å². The summed E-state index contributed by atoms with van der Waals surface area (Å²) in [7, 11) is 0. The van der Waals surface area contributed by atoms with Crippen molar-refractivity contribution in [3.8, 4) is 0 Å². The van der Waals surface area contributed by atoms with Gasteiger partial charge in [0, 0.05) is 0 Å². The molecule has 0 fully saturated rings. The molecule has 0 unspecified atom stereocenters. The van der Waals surface area contributed by atoms with Gasteiger partial charge in [-0.2, -0.15) is 0 Å². The number of alkyl halides is 1. The average Bonchev–Trinajstić information content (AvgIpc) is 1.69. The Morgan fingerprint density at radius 3 is 2.86 bits per heavy atom. The van der Waals surface area contributed by atoms with Crippen LogP contribution in [0, 0.1) is 0 Å². The second-order valence-electron chi connectivity index (χ2n) is 1.14. The molecule has 40 valence electrons. The normalized spacial score (nSPS) is 19.6. The van der Waals surface area contributed by atoms with Crippen LogP contribution in [-0.2, 0) is 4.84 Å². The summed E-state index contributed by atoms with van der Waals surface area (Å²) < 4.78 is 3.96. The summed E-state index contributed by atoms with van der Waals surface area (Å²) >= 11 is -0.861. The molecule has 0 aromatic heterocycles. The highest BCUT2D eigenvalue weighted by atomic mass is 127. The van der Waals surface area contributed by atoms with Crippen molar-refractivity contribution in [3.05, 3.63) is 0 Å². The molecule has 0 aromatic rings. The Bertz CT molecular complexity index is 165. The van der Waals surface area contributed by atoms with Crippen molar-refractivity contribution in [2.75, 3.05) is 4.93 Å². The van der Waals surface area contributed by atoms with Crippen molar-refractivity contribution in [3.63, 3.8) is 0 Å². The third kappa shape index (κ3) is 1.46. The van der Waals surface area contributed by atoms with Gasteiger partial charge in [-0.05, 0) is 8.94 Å². The molecule has 7 heavy (non-hydrogen) atoms. The minimum absolute atomic E-state index is 0.861. The lowest BCUT2D eigenvalue weighted by Crippen LogP contribution is -1.83. The SMILES string of the molecule is CI1=CC=NOC=1. The van der Waals surface area contributed by atoms with Gasteiger partial charge in [-0.3, -0.25) is 0 Å². The van der Waals surface area contributed by atoms with Gasteiger partial charge in [-0.1, -0.05) is 5.16 Å². The molecular weight excluding hydrogens is 205 g/mol. The molecule has 3 heteroatoms. The van der Waals surface area contributed by atoms with Crippen molar-refractivity contribution >= 4 is 33.3 Å². The van der Waals surface area contributed by atoms with E-state index in [1.165, 1.54) is 0 Å². The highest BCUT2D eigenvalue weighted by molar-refractivity contribution is 14.2. The molecule has 0 aromatic carbocycles. The zero-order chi connectivity index (χ0) is 5.11. The topological polar surface area (TPSA) is 21.6 Å². The molecule has 0 saturated carbocycles. The summed E-state index contributed by atoms with van der Waals surface area (Å²) in [6, 6.07) is 0. The minimum atomic E-state index is -0.861. The van der Waals surface area contributed by atoms with Gasteiger partial charge in [0.05, 0.1) is 6.21 Å².